The van der Waals surface area contributed by atoms with E-state index in [0.717, 1.165) is 58.0 Å². The Labute approximate surface area is 189 Å². The lowest BCUT2D eigenvalue weighted by Crippen LogP contribution is -2.43. The molecule has 1 amide bonds. The zero-order chi connectivity index (χ0) is 21.5. The largest absolute Gasteiger partial charge is 0.379 e. The molecule has 0 bridgehead atoms. The van der Waals surface area contributed by atoms with Crippen molar-refractivity contribution in [1.29, 1.82) is 0 Å². The van der Waals surface area contributed by atoms with Crippen LogP contribution in [0.3, 0.4) is 0 Å². The van der Waals surface area contributed by atoms with Crippen molar-refractivity contribution in [3.05, 3.63) is 52.2 Å². The van der Waals surface area contributed by atoms with E-state index in [-0.39, 0.29) is 5.91 Å². The predicted octanol–water partition coefficient (Wildman–Crippen LogP) is 2.91. The molecule has 0 atom stereocenters. The molecule has 2 saturated heterocycles. The van der Waals surface area contributed by atoms with Crippen LogP contribution in [0.25, 0.3) is 0 Å². The number of amides is 1. The number of hydrogen-bond donors (Lipinski definition) is 1. The molecule has 3 heterocycles. The van der Waals surface area contributed by atoms with Crippen molar-refractivity contribution in [3.63, 3.8) is 0 Å². The Morgan fingerprint density at radius 1 is 1.13 bits per heavy atom. The van der Waals surface area contributed by atoms with Crippen LogP contribution in [0.1, 0.15) is 28.8 Å². The Balaban J connectivity index is 1.20. The van der Waals surface area contributed by atoms with Crippen LogP contribution in [0.2, 0.25) is 0 Å². The summed E-state index contributed by atoms with van der Waals surface area (Å²) in [5.74, 6) is 0.00794. The van der Waals surface area contributed by atoms with Crippen molar-refractivity contribution < 1.29 is 9.53 Å². The zero-order valence-electron chi connectivity index (χ0n) is 18.5. The van der Waals surface area contributed by atoms with Crippen LogP contribution < -0.4 is 10.2 Å². The van der Waals surface area contributed by atoms with E-state index in [1.807, 2.05) is 12.1 Å². The maximum Gasteiger partial charge on any atom is 0.251 e. The van der Waals surface area contributed by atoms with Gasteiger partial charge in [0.2, 0.25) is 0 Å². The molecule has 31 heavy (non-hydrogen) atoms. The van der Waals surface area contributed by atoms with Crippen molar-refractivity contribution in [2.24, 2.45) is 0 Å². The molecule has 4 rings (SSSR count). The van der Waals surface area contributed by atoms with E-state index in [1.165, 1.54) is 24.1 Å². The van der Waals surface area contributed by atoms with Gasteiger partial charge in [-0.1, -0.05) is 0 Å². The first kappa shape index (κ1) is 22.3. The predicted molar refractivity (Wildman–Crippen MR) is 127 cm³/mol. The van der Waals surface area contributed by atoms with Gasteiger partial charge in [-0.2, -0.15) is 11.3 Å². The Morgan fingerprint density at radius 2 is 1.87 bits per heavy atom. The van der Waals surface area contributed by atoms with Crippen molar-refractivity contribution in [2.45, 2.75) is 25.4 Å². The first-order valence-electron chi connectivity index (χ1n) is 11.3. The number of morpholine rings is 1. The fraction of sp³-hybridized carbons (Fsp3) is 0.542. The summed E-state index contributed by atoms with van der Waals surface area (Å²) < 4.78 is 5.36. The summed E-state index contributed by atoms with van der Waals surface area (Å²) in [4.78, 5) is 19.7. The quantitative estimate of drug-likeness (QED) is 0.681. The SMILES string of the molecule is CN(Cc1ccsc1)C1CCN(c2ccc(C(=O)NCCN3CCOCC3)cc2)CC1. The number of nitrogens with one attached hydrogen (secondary N) is 1. The molecular formula is C24H34N4O2S. The number of rotatable bonds is 8. The maximum absolute atomic E-state index is 12.4. The van der Waals surface area contributed by atoms with Crippen molar-refractivity contribution in [1.82, 2.24) is 15.1 Å². The minimum absolute atomic E-state index is 0.00794. The second-order valence-corrected chi connectivity index (χ2v) is 9.30. The molecule has 2 aromatic rings. The van der Waals surface area contributed by atoms with Crippen LogP contribution >= 0.6 is 11.3 Å². The van der Waals surface area contributed by atoms with Gasteiger partial charge in [-0.15, -0.1) is 0 Å². The van der Waals surface area contributed by atoms with Crippen LogP contribution in [0.4, 0.5) is 5.69 Å². The molecule has 0 saturated carbocycles. The number of carbonyl (C=O) groups excluding carboxylic acids is 1. The lowest BCUT2D eigenvalue weighted by atomic mass is 10.0. The van der Waals surface area contributed by atoms with E-state index in [0.29, 0.717) is 12.6 Å². The number of nitrogens with zero attached hydrogens (tertiary/aromatic N) is 3. The lowest BCUT2D eigenvalue weighted by Gasteiger charge is -2.38. The standard InChI is InChI=1S/C24H34N4O2S/c1-26(18-20-8-17-31-19-20)22-6-10-28(11-7-22)23-4-2-21(3-5-23)24(29)25-9-12-27-13-15-30-16-14-27/h2-5,8,17,19,22H,6-7,9-16,18H2,1H3,(H,25,29). The first-order valence-corrected chi connectivity index (χ1v) is 12.3. The van der Waals surface area contributed by atoms with Gasteiger partial charge in [-0.05, 0) is 66.5 Å². The fourth-order valence-electron chi connectivity index (χ4n) is 4.44. The van der Waals surface area contributed by atoms with Crippen LogP contribution in [0, 0.1) is 0 Å². The molecule has 168 valence electrons. The second kappa shape index (κ2) is 11.1. The van der Waals surface area contributed by atoms with Gasteiger partial charge >= 0.3 is 0 Å². The summed E-state index contributed by atoms with van der Waals surface area (Å²) in [5, 5.41) is 7.44. The second-order valence-electron chi connectivity index (χ2n) is 8.52. The van der Waals surface area contributed by atoms with Gasteiger partial charge in [-0.25, -0.2) is 0 Å². The van der Waals surface area contributed by atoms with Gasteiger partial charge in [0.15, 0.2) is 0 Å². The van der Waals surface area contributed by atoms with Crippen LogP contribution in [0.15, 0.2) is 41.1 Å². The van der Waals surface area contributed by atoms with Crippen LogP contribution in [-0.2, 0) is 11.3 Å². The normalized spacial score (nSPS) is 18.5. The van der Waals surface area contributed by atoms with E-state index in [2.05, 4.69) is 56.0 Å². The van der Waals surface area contributed by atoms with Crippen molar-refractivity contribution >= 4 is 22.9 Å². The number of hydrogen-bond acceptors (Lipinski definition) is 6. The summed E-state index contributed by atoms with van der Waals surface area (Å²) in [6, 6.07) is 10.9. The molecule has 0 spiro atoms. The van der Waals surface area contributed by atoms with E-state index in [4.69, 9.17) is 4.74 Å². The van der Waals surface area contributed by atoms with Crippen molar-refractivity contribution in [2.75, 3.05) is 64.4 Å². The van der Waals surface area contributed by atoms with Gasteiger partial charge in [0.05, 0.1) is 13.2 Å². The number of piperidine rings is 1. The number of thiophene rings is 1. The van der Waals surface area contributed by atoms with Gasteiger partial charge in [0.25, 0.3) is 5.91 Å². The smallest absolute Gasteiger partial charge is 0.251 e. The highest BCUT2D eigenvalue weighted by atomic mass is 32.1. The zero-order valence-corrected chi connectivity index (χ0v) is 19.3. The van der Waals surface area contributed by atoms with Gasteiger partial charge < -0.3 is 15.0 Å². The maximum atomic E-state index is 12.4. The van der Waals surface area contributed by atoms with Gasteiger partial charge in [0.1, 0.15) is 0 Å². The number of anilines is 1. The monoisotopic (exact) mass is 442 g/mol. The first-order chi connectivity index (χ1) is 15.2. The summed E-state index contributed by atoms with van der Waals surface area (Å²) in [5.41, 5.74) is 3.36. The molecule has 0 unspecified atom stereocenters. The average Bonchev–Trinajstić information content (AvgIpc) is 3.33. The Kier molecular flexibility index (Phi) is 7.97. The number of carbonyl (C=O) groups is 1. The number of ether oxygens (including phenoxy) is 1. The minimum atomic E-state index is 0.00794. The topological polar surface area (TPSA) is 48.0 Å². The molecule has 1 aromatic heterocycles. The summed E-state index contributed by atoms with van der Waals surface area (Å²) in [7, 11) is 2.24. The van der Waals surface area contributed by atoms with E-state index < -0.39 is 0 Å². The highest BCUT2D eigenvalue weighted by Crippen LogP contribution is 2.23. The molecule has 7 heteroatoms. The van der Waals surface area contributed by atoms with E-state index in [1.54, 1.807) is 11.3 Å². The molecule has 1 N–H and O–H groups in total. The molecule has 1 aromatic carbocycles. The third kappa shape index (κ3) is 6.29. The van der Waals surface area contributed by atoms with Gasteiger partial charge in [-0.3, -0.25) is 14.6 Å². The summed E-state index contributed by atoms with van der Waals surface area (Å²) in [6.07, 6.45) is 2.34. The Bertz CT molecular complexity index is 797. The summed E-state index contributed by atoms with van der Waals surface area (Å²) >= 11 is 1.77. The molecule has 0 radical (unpaired) electrons. The summed E-state index contributed by atoms with van der Waals surface area (Å²) in [6.45, 7) is 8.18. The molecule has 6 nitrogen and oxygen atoms in total. The molecule has 2 fully saturated rings. The van der Waals surface area contributed by atoms with E-state index >= 15 is 0 Å². The highest BCUT2D eigenvalue weighted by Gasteiger charge is 2.23. The fourth-order valence-corrected chi connectivity index (χ4v) is 5.10. The van der Waals surface area contributed by atoms with E-state index in [9.17, 15) is 4.79 Å². The third-order valence-electron chi connectivity index (χ3n) is 6.41. The molecule has 2 aliphatic rings. The molecule has 0 aliphatic carbocycles. The van der Waals surface area contributed by atoms with Crippen LogP contribution in [-0.4, -0.2) is 81.3 Å². The Hall–Kier alpha value is -1.93. The minimum Gasteiger partial charge on any atom is -0.379 e. The lowest BCUT2D eigenvalue weighted by molar-refractivity contribution is 0.0383. The van der Waals surface area contributed by atoms with Crippen molar-refractivity contribution in [3.8, 4) is 0 Å². The molecule has 2 aliphatic heterocycles. The van der Waals surface area contributed by atoms with Gasteiger partial charge in [0, 0.05) is 63.1 Å². The van der Waals surface area contributed by atoms with Crippen LogP contribution in [0.5, 0.6) is 0 Å². The highest BCUT2D eigenvalue weighted by molar-refractivity contribution is 7.07. The number of benzene rings is 1. The average molecular weight is 443 g/mol. The Morgan fingerprint density at radius 3 is 2.55 bits per heavy atom. The third-order valence-corrected chi connectivity index (χ3v) is 7.14. The molecular weight excluding hydrogens is 408 g/mol.